The fourth-order valence-corrected chi connectivity index (χ4v) is 2.13. The summed E-state index contributed by atoms with van der Waals surface area (Å²) < 4.78 is 7.34. The summed E-state index contributed by atoms with van der Waals surface area (Å²) >= 11 is 0. The number of imidazole rings is 1. The number of anilines is 1. The summed E-state index contributed by atoms with van der Waals surface area (Å²) in [5.41, 5.74) is 7.10. The number of ether oxygens (including phenoxy) is 1. The van der Waals surface area contributed by atoms with Crippen molar-refractivity contribution in [3.63, 3.8) is 0 Å². The van der Waals surface area contributed by atoms with E-state index in [1.807, 2.05) is 0 Å². The molecule has 2 aromatic heterocycles. The molecule has 0 radical (unpaired) electrons. The number of aliphatic hydroxyl groups excluding tert-OH is 1. The van der Waals surface area contributed by atoms with Crippen LogP contribution in [0.25, 0.3) is 5.65 Å². The summed E-state index contributed by atoms with van der Waals surface area (Å²) in [5, 5.41) is 13.2. The molecule has 1 saturated heterocycles. The number of nitrogen functional groups attached to an aromatic ring is 1. The molecule has 3 rings (SSSR count). The highest BCUT2D eigenvalue weighted by atomic mass is 16.5. The van der Waals surface area contributed by atoms with Crippen LogP contribution < -0.4 is 5.73 Å². The van der Waals surface area contributed by atoms with Gasteiger partial charge in [-0.15, -0.1) is 0 Å². The van der Waals surface area contributed by atoms with E-state index in [1.165, 1.54) is 6.33 Å². The Hall–Kier alpha value is -1.73. The second-order valence-corrected chi connectivity index (χ2v) is 4.07. The normalized spacial score (nSPS) is 24.5. The van der Waals surface area contributed by atoms with E-state index in [2.05, 4.69) is 15.1 Å². The SMILES string of the molecule is Nc1ncnn2c(C3CCC(CO)O3)cnc12. The molecule has 0 saturated carbocycles. The summed E-state index contributed by atoms with van der Waals surface area (Å²) in [5.74, 6) is 0.350. The van der Waals surface area contributed by atoms with Crippen LogP contribution in [0.2, 0.25) is 0 Å². The summed E-state index contributed by atoms with van der Waals surface area (Å²) in [6.45, 7) is 0.0460. The first-order valence-electron chi connectivity index (χ1n) is 5.50. The van der Waals surface area contributed by atoms with E-state index < -0.39 is 0 Å². The van der Waals surface area contributed by atoms with E-state index in [4.69, 9.17) is 15.6 Å². The van der Waals surface area contributed by atoms with E-state index >= 15 is 0 Å². The van der Waals surface area contributed by atoms with Crippen molar-refractivity contribution >= 4 is 11.5 Å². The molecule has 0 aromatic carbocycles. The van der Waals surface area contributed by atoms with Crippen LogP contribution in [0.1, 0.15) is 24.6 Å². The largest absolute Gasteiger partial charge is 0.394 e. The van der Waals surface area contributed by atoms with E-state index in [1.54, 1.807) is 10.7 Å². The van der Waals surface area contributed by atoms with Crippen molar-refractivity contribution in [3.05, 3.63) is 18.2 Å². The topological polar surface area (TPSA) is 98.6 Å². The van der Waals surface area contributed by atoms with Gasteiger partial charge in [-0.25, -0.2) is 14.5 Å². The highest BCUT2D eigenvalue weighted by Gasteiger charge is 2.28. The lowest BCUT2D eigenvalue weighted by Gasteiger charge is -2.10. The Morgan fingerprint density at radius 2 is 2.35 bits per heavy atom. The van der Waals surface area contributed by atoms with Crippen molar-refractivity contribution in [1.29, 1.82) is 0 Å². The number of fused-ring (bicyclic) bond motifs is 1. The highest BCUT2D eigenvalue weighted by Crippen LogP contribution is 2.32. The van der Waals surface area contributed by atoms with Crippen LogP contribution in [-0.2, 0) is 4.74 Å². The minimum absolute atomic E-state index is 0.0460. The molecule has 2 aromatic rings. The Balaban J connectivity index is 1.99. The molecule has 0 amide bonds. The summed E-state index contributed by atoms with van der Waals surface area (Å²) in [4.78, 5) is 8.07. The Labute approximate surface area is 97.2 Å². The summed E-state index contributed by atoms with van der Waals surface area (Å²) in [6, 6.07) is 0. The minimum atomic E-state index is -0.0928. The van der Waals surface area contributed by atoms with Gasteiger partial charge in [0.15, 0.2) is 11.5 Å². The van der Waals surface area contributed by atoms with Crippen molar-refractivity contribution in [2.24, 2.45) is 0 Å². The van der Waals surface area contributed by atoms with Crippen LogP contribution in [0.3, 0.4) is 0 Å². The van der Waals surface area contributed by atoms with Gasteiger partial charge in [-0.1, -0.05) is 0 Å². The molecule has 0 aliphatic carbocycles. The number of hydrogen-bond donors (Lipinski definition) is 2. The number of rotatable bonds is 2. The molecule has 90 valence electrons. The molecule has 1 fully saturated rings. The van der Waals surface area contributed by atoms with Gasteiger partial charge in [0.05, 0.1) is 24.6 Å². The van der Waals surface area contributed by atoms with E-state index in [-0.39, 0.29) is 18.8 Å². The van der Waals surface area contributed by atoms with Crippen LogP contribution in [0.5, 0.6) is 0 Å². The lowest BCUT2D eigenvalue weighted by molar-refractivity contribution is 0.00851. The Morgan fingerprint density at radius 1 is 1.47 bits per heavy atom. The first kappa shape index (κ1) is 10.4. The second kappa shape index (κ2) is 3.94. The van der Waals surface area contributed by atoms with Crippen LogP contribution in [0.15, 0.2) is 12.5 Å². The first-order chi connectivity index (χ1) is 8.29. The van der Waals surface area contributed by atoms with Crippen molar-refractivity contribution in [2.75, 3.05) is 12.3 Å². The van der Waals surface area contributed by atoms with Gasteiger partial charge in [0.1, 0.15) is 12.4 Å². The van der Waals surface area contributed by atoms with Gasteiger partial charge in [0, 0.05) is 0 Å². The molecule has 7 heteroatoms. The van der Waals surface area contributed by atoms with Gasteiger partial charge in [-0.2, -0.15) is 5.10 Å². The van der Waals surface area contributed by atoms with Crippen LogP contribution >= 0.6 is 0 Å². The number of aromatic nitrogens is 4. The minimum Gasteiger partial charge on any atom is -0.394 e. The third kappa shape index (κ3) is 1.63. The van der Waals surface area contributed by atoms with Crippen LogP contribution in [0, 0.1) is 0 Å². The van der Waals surface area contributed by atoms with Gasteiger partial charge in [-0.3, -0.25) is 0 Å². The molecule has 1 aliphatic heterocycles. The fourth-order valence-electron chi connectivity index (χ4n) is 2.13. The van der Waals surface area contributed by atoms with Crippen molar-refractivity contribution in [2.45, 2.75) is 25.0 Å². The number of nitrogens with zero attached hydrogens (tertiary/aromatic N) is 4. The van der Waals surface area contributed by atoms with E-state index in [0.29, 0.717) is 11.5 Å². The zero-order chi connectivity index (χ0) is 11.8. The zero-order valence-electron chi connectivity index (χ0n) is 9.15. The molecule has 0 bridgehead atoms. The van der Waals surface area contributed by atoms with Gasteiger partial charge in [0.2, 0.25) is 0 Å². The van der Waals surface area contributed by atoms with Crippen LogP contribution in [-0.4, -0.2) is 37.4 Å². The number of nitrogens with two attached hydrogens (primary N) is 1. The first-order valence-corrected chi connectivity index (χ1v) is 5.50. The number of aliphatic hydroxyl groups is 1. The second-order valence-electron chi connectivity index (χ2n) is 4.07. The summed E-state index contributed by atoms with van der Waals surface area (Å²) in [6.07, 6.45) is 4.61. The maximum Gasteiger partial charge on any atom is 0.196 e. The van der Waals surface area contributed by atoms with Crippen LogP contribution in [0.4, 0.5) is 5.82 Å². The lowest BCUT2D eigenvalue weighted by atomic mass is 10.1. The van der Waals surface area contributed by atoms with Crippen molar-refractivity contribution in [3.8, 4) is 0 Å². The Bertz CT molecular complexity index is 540. The fraction of sp³-hybridized carbons (Fsp3) is 0.500. The quantitative estimate of drug-likeness (QED) is 0.755. The van der Waals surface area contributed by atoms with E-state index in [0.717, 1.165) is 18.5 Å². The van der Waals surface area contributed by atoms with E-state index in [9.17, 15) is 0 Å². The highest BCUT2D eigenvalue weighted by molar-refractivity contribution is 5.58. The molecule has 0 spiro atoms. The molecule has 7 nitrogen and oxygen atoms in total. The Kier molecular flexibility index (Phi) is 2.41. The molecular formula is C10H13N5O2. The maximum atomic E-state index is 9.05. The zero-order valence-corrected chi connectivity index (χ0v) is 9.15. The molecular weight excluding hydrogens is 222 g/mol. The lowest BCUT2D eigenvalue weighted by Crippen LogP contribution is -2.12. The Morgan fingerprint density at radius 3 is 3.12 bits per heavy atom. The average Bonchev–Trinajstić information content (AvgIpc) is 2.94. The summed E-state index contributed by atoms with van der Waals surface area (Å²) in [7, 11) is 0. The molecule has 17 heavy (non-hydrogen) atoms. The molecule has 1 aliphatic rings. The maximum absolute atomic E-state index is 9.05. The van der Waals surface area contributed by atoms with Crippen molar-refractivity contribution < 1.29 is 9.84 Å². The van der Waals surface area contributed by atoms with Gasteiger partial charge < -0.3 is 15.6 Å². The smallest absolute Gasteiger partial charge is 0.196 e. The standard InChI is InChI=1S/C10H13N5O2/c11-9-10-12-3-7(15(10)14-5-13-9)8-2-1-6(4-16)17-8/h3,5-6,8,16H,1-2,4H2,(H2,11,13,14). The average molecular weight is 235 g/mol. The molecule has 3 N–H and O–H groups in total. The van der Waals surface area contributed by atoms with Gasteiger partial charge >= 0.3 is 0 Å². The third-order valence-corrected chi connectivity index (χ3v) is 3.00. The van der Waals surface area contributed by atoms with Gasteiger partial charge in [-0.05, 0) is 12.8 Å². The van der Waals surface area contributed by atoms with Gasteiger partial charge in [0.25, 0.3) is 0 Å². The molecule has 3 heterocycles. The number of hydrogen-bond acceptors (Lipinski definition) is 6. The predicted octanol–water partition coefficient (Wildman–Crippen LogP) is -0.0811. The molecule has 2 unspecified atom stereocenters. The third-order valence-electron chi connectivity index (χ3n) is 3.00. The molecule has 2 atom stereocenters. The monoisotopic (exact) mass is 235 g/mol. The van der Waals surface area contributed by atoms with Crippen molar-refractivity contribution in [1.82, 2.24) is 19.6 Å². The predicted molar refractivity (Wildman–Crippen MR) is 59.1 cm³/mol.